The predicted octanol–water partition coefficient (Wildman–Crippen LogP) is 2.52. The summed E-state index contributed by atoms with van der Waals surface area (Å²) in [5.74, 6) is 0. The van der Waals surface area contributed by atoms with E-state index < -0.39 is 4.92 Å². The molecule has 0 amide bonds. The SMILES string of the molecule is CC1OCCC1NCc1ccc(Cl)cc1[N+](=O)[O-]. The molecule has 1 aliphatic rings. The van der Waals surface area contributed by atoms with E-state index in [1.54, 1.807) is 12.1 Å². The second-order valence-electron chi connectivity index (χ2n) is 4.38. The standard InChI is InChI=1S/C12H15ClN2O3/c1-8-11(4-5-18-8)14-7-9-2-3-10(13)6-12(9)15(16)17/h2-3,6,8,11,14H,4-5,7H2,1H3. The summed E-state index contributed by atoms with van der Waals surface area (Å²) in [6.45, 7) is 3.19. The number of nitro benzene ring substituents is 1. The maximum Gasteiger partial charge on any atom is 0.275 e. The van der Waals surface area contributed by atoms with Crippen molar-refractivity contribution in [2.45, 2.75) is 32.0 Å². The molecule has 0 saturated carbocycles. The molecule has 1 fully saturated rings. The number of benzene rings is 1. The number of hydrogen-bond donors (Lipinski definition) is 1. The number of rotatable bonds is 4. The molecule has 0 bridgehead atoms. The van der Waals surface area contributed by atoms with Crippen LogP contribution in [0, 0.1) is 10.1 Å². The van der Waals surface area contributed by atoms with E-state index in [0.717, 1.165) is 13.0 Å². The van der Waals surface area contributed by atoms with Crippen molar-refractivity contribution in [2.24, 2.45) is 0 Å². The summed E-state index contributed by atoms with van der Waals surface area (Å²) < 4.78 is 5.43. The van der Waals surface area contributed by atoms with E-state index in [9.17, 15) is 10.1 Å². The fourth-order valence-electron chi connectivity index (χ4n) is 2.10. The first-order valence-electron chi connectivity index (χ1n) is 5.85. The zero-order valence-electron chi connectivity index (χ0n) is 10.1. The molecule has 6 heteroatoms. The molecule has 0 spiro atoms. The number of nitrogens with one attached hydrogen (secondary N) is 1. The highest BCUT2D eigenvalue weighted by atomic mass is 35.5. The van der Waals surface area contributed by atoms with Crippen LogP contribution in [0.4, 0.5) is 5.69 Å². The zero-order valence-corrected chi connectivity index (χ0v) is 10.8. The fourth-order valence-corrected chi connectivity index (χ4v) is 2.26. The summed E-state index contributed by atoms with van der Waals surface area (Å²) >= 11 is 5.77. The number of hydrogen-bond acceptors (Lipinski definition) is 4. The summed E-state index contributed by atoms with van der Waals surface area (Å²) in [6, 6.07) is 4.99. The molecule has 98 valence electrons. The van der Waals surface area contributed by atoms with Gasteiger partial charge in [0.2, 0.25) is 0 Å². The van der Waals surface area contributed by atoms with Gasteiger partial charge in [-0.1, -0.05) is 11.6 Å². The molecule has 1 saturated heterocycles. The Morgan fingerprint density at radius 3 is 3.00 bits per heavy atom. The van der Waals surface area contributed by atoms with Gasteiger partial charge in [-0.15, -0.1) is 0 Å². The zero-order chi connectivity index (χ0) is 13.1. The van der Waals surface area contributed by atoms with E-state index in [0.29, 0.717) is 17.1 Å². The molecular weight excluding hydrogens is 256 g/mol. The molecule has 1 aromatic rings. The van der Waals surface area contributed by atoms with Gasteiger partial charge in [-0.2, -0.15) is 0 Å². The first-order chi connectivity index (χ1) is 8.58. The Kier molecular flexibility index (Phi) is 4.16. The molecule has 1 aliphatic heterocycles. The number of halogens is 1. The van der Waals surface area contributed by atoms with Crippen LogP contribution in [0.3, 0.4) is 0 Å². The lowest BCUT2D eigenvalue weighted by molar-refractivity contribution is -0.385. The average Bonchev–Trinajstić information content (AvgIpc) is 2.73. The normalized spacial score (nSPS) is 23.2. The predicted molar refractivity (Wildman–Crippen MR) is 68.8 cm³/mol. The Hall–Kier alpha value is -1.17. The van der Waals surface area contributed by atoms with Gasteiger partial charge in [-0.25, -0.2) is 0 Å². The van der Waals surface area contributed by atoms with Crippen molar-refractivity contribution in [1.29, 1.82) is 0 Å². The molecule has 18 heavy (non-hydrogen) atoms. The van der Waals surface area contributed by atoms with Gasteiger partial charge in [-0.3, -0.25) is 10.1 Å². The highest BCUT2D eigenvalue weighted by Crippen LogP contribution is 2.23. The molecule has 2 atom stereocenters. The van der Waals surface area contributed by atoms with E-state index in [1.807, 2.05) is 6.92 Å². The third-order valence-corrected chi connectivity index (χ3v) is 3.41. The smallest absolute Gasteiger partial charge is 0.275 e. The van der Waals surface area contributed by atoms with Gasteiger partial charge in [0, 0.05) is 35.8 Å². The molecule has 0 aromatic heterocycles. The van der Waals surface area contributed by atoms with Crippen LogP contribution in [-0.2, 0) is 11.3 Å². The maximum atomic E-state index is 10.9. The molecule has 1 heterocycles. The number of nitrogens with zero attached hydrogens (tertiary/aromatic N) is 1. The average molecular weight is 271 g/mol. The van der Waals surface area contributed by atoms with E-state index in [2.05, 4.69) is 5.32 Å². The lowest BCUT2D eigenvalue weighted by atomic mass is 10.1. The minimum atomic E-state index is -0.405. The van der Waals surface area contributed by atoms with Gasteiger partial charge in [0.25, 0.3) is 5.69 Å². The van der Waals surface area contributed by atoms with Crippen LogP contribution in [0.1, 0.15) is 18.9 Å². The van der Waals surface area contributed by atoms with Crippen molar-refractivity contribution in [1.82, 2.24) is 5.32 Å². The Morgan fingerprint density at radius 2 is 2.39 bits per heavy atom. The van der Waals surface area contributed by atoms with Crippen molar-refractivity contribution in [3.8, 4) is 0 Å². The minimum absolute atomic E-state index is 0.0570. The largest absolute Gasteiger partial charge is 0.377 e. The molecule has 2 unspecified atom stereocenters. The van der Waals surface area contributed by atoms with Crippen molar-refractivity contribution in [2.75, 3.05) is 6.61 Å². The monoisotopic (exact) mass is 270 g/mol. The summed E-state index contributed by atoms with van der Waals surface area (Å²) in [4.78, 5) is 10.5. The second-order valence-corrected chi connectivity index (χ2v) is 4.82. The number of ether oxygens (including phenoxy) is 1. The fraction of sp³-hybridized carbons (Fsp3) is 0.500. The first kappa shape index (κ1) is 13.3. The summed E-state index contributed by atoms with van der Waals surface area (Å²) in [5.41, 5.74) is 0.699. The third kappa shape index (κ3) is 2.98. The van der Waals surface area contributed by atoms with Crippen LogP contribution in [0.25, 0.3) is 0 Å². The van der Waals surface area contributed by atoms with Gasteiger partial charge in [-0.05, 0) is 25.5 Å². The van der Waals surface area contributed by atoms with E-state index in [1.165, 1.54) is 6.07 Å². The summed E-state index contributed by atoms with van der Waals surface area (Å²) in [7, 11) is 0. The van der Waals surface area contributed by atoms with Crippen molar-refractivity contribution in [3.05, 3.63) is 38.9 Å². The molecule has 1 N–H and O–H groups in total. The van der Waals surface area contributed by atoms with Crippen LogP contribution < -0.4 is 5.32 Å². The Labute approximate surface area is 110 Å². The quantitative estimate of drug-likeness (QED) is 0.674. The van der Waals surface area contributed by atoms with Gasteiger partial charge >= 0.3 is 0 Å². The van der Waals surface area contributed by atoms with E-state index >= 15 is 0 Å². The van der Waals surface area contributed by atoms with Gasteiger partial charge in [0.05, 0.1) is 11.0 Å². The van der Waals surface area contributed by atoms with Gasteiger partial charge < -0.3 is 10.1 Å². The molecule has 0 aliphatic carbocycles. The van der Waals surface area contributed by atoms with Gasteiger partial charge in [0.1, 0.15) is 0 Å². The lowest BCUT2D eigenvalue weighted by Crippen LogP contribution is -2.34. The van der Waals surface area contributed by atoms with Gasteiger partial charge in [0.15, 0.2) is 0 Å². The molecule has 1 aromatic carbocycles. The molecule has 5 nitrogen and oxygen atoms in total. The van der Waals surface area contributed by atoms with Crippen LogP contribution in [0.5, 0.6) is 0 Å². The highest BCUT2D eigenvalue weighted by Gasteiger charge is 2.24. The first-order valence-corrected chi connectivity index (χ1v) is 6.23. The molecular formula is C12H15ClN2O3. The second kappa shape index (κ2) is 5.65. The lowest BCUT2D eigenvalue weighted by Gasteiger charge is -2.15. The summed E-state index contributed by atoms with van der Waals surface area (Å²) in [5, 5.41) is 14.6. The number of nitro groups is 1. The van der Waals surface area contributed by atoms with E-state index in [-0.39, 0.29) is 17.8 Å². The minimum Gasteiger partial charge on any atom is -0.377 e. The van der Waals surface area contributed by atoms with Crippen molar-refractivity contribution >= 4 is 17.3 Å². The van der Waals surface area contributed by atoms with Crippen LogP contribution in [-0.4, -0.2) is 23.7 Å². The van der Waals surface area contributed by atoms with Crippen LogP contribution >= 0.6 is 11.6 Å². The maximum absolute atomic E-state index is 10.9. The Balaban J connectivity index is 2.06. The summed E-state index contributed by atoms with van der Waals surface area (Å²) in [6.07, 6.45) is 1.08. The van der Waals surface area contributed by atoms with E-state index in [4.69, 9.17) is 16.3 Å². The topological polar surface area (TPSA) is 64.4 Å². The van der Waals surface area contributed by atoms with Crippen LogP contribution in [0.2, 0.25) is 5.02 Å². The highest BCUT2D eigenvalue weighted by molar-refractivity contribution is 6.30. The molecule has 0 radical (unpaired) electrons. The van der Waals surface area contributed by atoms with Crippen molar-refractivity contribution in [3.63, 3.8) is 0 Å². The third-order valence-electron chi connectivity index (χ3n) is 3.17. The van der Waals surface area contributed by atoms with Crippen LogP contribution in [0.15, 0.2) is 18.2 Å². The Morgan fingerprint density at radius 1 is 1.61 bits per heavy atom. The van der Waals surface area contributed by atoms with Crippen molar-refractivity contribution < 1.29 is 9.66 Å². The molecule has 2 rings (SSSR count). The Bertz CT molecular complexity index is 453.